The number of alkyl halides is 3. The molecule has 2 unspecified atom stereocenters. The summed E-state index contributed by atoms with van der Waals surface area (Å²) in [4.78, 5) is 1.85. The highest BCUT2D eigenvalue weighted by Gasteiger charge is 2.42. The molecule has 20 heavy (non-hydrogen) atoms. The van der Waals surface area contributed by atoms with Crippen LogP contribution in [0.2, 0.25) is 0 Å². The fourth-order valence-electron chi connectivity index (χ4n) is 2.75. The summed E-state index contributed by atoms with van der Waals surface area (Å²) >= 11 is 0. The van der Waals surface area contributed by atoms with Gasteiger partial charge in [0, 0.05) is 19.1 Å². The Morgan fingerprint density at radius 1 is 1.30 bits per heavy atom. The highest BCUT2D eigenvalue weighted by atomic mass is 19.4. The molecule has 1 saturated carbocycles. The first-order valence-corrected chi connectivity index (χ1v) is 7.30. The molecular formula is C14H22F3N3. The summed E-state index contributed by atoms with van der Waals surface area (Å²) in [5.41, 5.74) is -0.619. The van der Waals surface area contributed by atoms with Crippen molar-refractivity contribution in [3.05, 3.63) is 0 Å². The van der Waals surface area contributed by atoms with Gasteiger partial charge in [0.2, 0.25) is 0 Å². The van der Waals surface area contributed by atoms with Crippen molar-refractivity contribution in [1.29, 1.82) is 5.26 Å². The van der Waals surface area contributed by atoms with E-state index >= 15 is 0 Å². The summed E-state index contributed by atoms with van der Waals surface area (Å²) in [5.74, 6) is -1.21. The molecule has 1 N–H and O–H groups in total. The zero-order chi connectivity index (χ0) is 14.8. The molecule has 3 nitrogen and oxygen atoms in total. The van der Waals surface area contributed by atoms with E-state index in [-0.39, 0.29) is 13.0 Å². The van der Waals surface area contributed by atoms with Gasteiger partial charge in [0.25, 0.3) is 0 Å². The third-order valence-corrected chi connectivity index (χ3v) is 4.24. The summed E-state index contributed by atoms with van der Waals surface area (Å²) in [6.07, 6.45) is -0.512. The lowest BCUT2D eigenvalue weighted by Gasteiger charge is -2.35. The van der Waals surface area contributed by atoms with E-state index in [0.29, 0.717) is 32.0 Å². The van der Waals surface area contributed by atoms with Crippen LogP contribution >= 0.6 is 0 Å². The maximum Gasteiger partial charge on any atom is 0.393 e. The van der Waals surface area contributed by atoms with Crippen molar-refractivity contribution >= 4 is 0 Å². The molecule has 1 heterocycles. The van der Waals surface area contributed by atoms with E-state index in [9.17, 15) is 18.4 Å². The van der Waals surface area contributed by atoms with Gasteiger partial charge >= 0.3 is 6.18 Å². The number of halogens is 3. The number of nitrogens with zero attached hydrogens (tertiary/aromatic N) is 2. The van der Waals surface area contributed by atoms with E-state index in [0.717, 1.165) is 12.8 Å². The molecule has 0 aromatic carbocycles. The molecular weight excluding hydrogens is 267 g/mol. The van der Waals surface area contributed by atoms with Crippen LogP contribution in [-0.4, -0.2) is 42.3 Å². The summed E-state index contributed by atoms with van der Waals surface area (Å²) in [7, 11) is 0. The van der Waals surface area contributed by atoms with E-state index in [1.165, 1.54) is 0 Å². The predicted molar refractivity (Wildman–Crippen MR) is 70.0 cm³/mol. The van der Waals surface area contributed by atoms with Gasteiger partial charge in [-0.3, -0.25) is 5.32 Å². The van der Waals surface area contributed by atoms with Gasteiger partial charge in [-0.25, -0.2) is 0 Å². The average molecular weight is 289 g/mol. The topological polar surface area (TPSA) is 39.1 Å². The van der Waals surface area contributed by atoms with Gasteiger partial charge in [-0.05, 0) is 45.6 Å². The number of piperidine rings is 1. The molecule has 0 bridgehead atoms. The van der Waals surface area contributed by atoms with Crippen LogP contribution in [0.15, 0.2) is 0 Å². The molecule has 1 aliphatic carbocycles. The largest absolute Gasteiger partial charge is 0.393 e. The van der Waals surface area contributed by atoms with Crippen LogP contribution in [0, 0.1) is 17.2 Å². The van der Waals surface area contributed by atoms with E-state index in [2.05, 4.69) is 11.4 Å². The molecule has 114 valence electrons. The van der Waals surface area contributed by atoms with Gasteiger partial charge in [-0.15, -0.1) is 0 Å². The Kier molecular flexibility index (Phi) is 4.60. The maximum absolute atomic E-state index is 12.7. The average Bonchev–Trinajstić information content (AvgIpc) is 3.20. The van der Waals surface area contributed by atoms with Crippen molar-refractivity contribution < 1.29 is 13.2 Å². The second-order valence-corrected chi connectivity index (χ2v) is 6.29. The molecule has 2 atom stereocenters. The van der Waals surface area contributed by atoms with Crippen LogP contribution in [-0.2, 0) is 0 Å². The quantitative estimate of drug-likeness (QED) is 0.846. The Balaban J connectivity index is 1.82. The van der Waals surface area contributed by atoms with E-state index in [1.54, 1.807) is 0 Å². The number of nitrogens with one attached hydrogen (secondary N) is 1. The molecule has 2 aliphatic rings. The SMILES string of the molecule is CC(C#N)(CCN1CCCC(C(F)(F)F)C1)NC1CC1. The highest BCUT2D eigenvalue weighted by molar-refractivity contribution is 5.07. The van der Waals surface area contributed by atoms with Gasteiger partial charge in [0.15, 0.2) is 0 Å². The number of hydrogen-bond donors (Lipinski definition) is 1. The van der Waals surface area contributed by atoms with Crippen molar-refractivity contribution in [1.82, 2.24) is 10.2 Å². The molecule has 2 fully saturated rings. The van der Waals surface area contributed by atoms with Crippen LogP contribution in [0.3, 0.4) is 0 Å². The van der Waals surface area contributed by atoms with Gasteiger partial charge in [-0.2, -0.15) is 18.4 Å². The van der Waals surface area contributed by atoms with Gasteiger partial charge in [0.05, 0.1) is 12.0 Å². The monoisotopic (exact) mass is 289 g/mol. The second-order valence-electron chi connectivity index (χ2n) is 6.29. The standard InChI is InChI=1S/C14H22F3N3/c1-13(10-18,19-12-4-5-12)6-8-20-7-2-3-11(9-20)14(15,16)17/h11-12,19H,2-9H2,1H3. The Bertz CT molecular complexity index is 373. The van der Waals surface area contributed by atoms with E-state index in [1.807, 2.05) is 11.8 Å². The predicted octanol–water partition coefficient (Wildman–Crippen LogP) is 2.69. The summed E-state index contributed by atoms with van der Waals surface area (Å²) in [6.45, 7) is 3.18. The highest BCUT2D eigenvalue weighted by Crippen LogP contribution is 2.33. The lowest BCUT2D eigenvalue weighted by Crippen LogP contribution is -2.47. The van der Waals surface area contributed by atoms with Crippen LogP contribution < -0.4 is 5.32 Å². The molecule has 0 amide bonds. The minimum atomic E-state index is -4.09. The Morgan fingerprint density at radius 2 is 2.00 bits per heavy atom. The van der Waals surface area contributed by atoms with Crippen molar-refractivity contribution in [2.24, 2.45) is 5.92 Å². The van der Waals surface area contributed by atoms with Gasteiger partial charge in [-0.1, -0.05) is 0 Å². The fraction of sp³-hybridized carbons (Fsp3) is 0.929. The molecule has 0 aromatic rings. The number of nitriles is 1. The van der Waals surface area contributed by atoms with Crippen molar-refractivity contribution in [3.63, 3.8) is 0 Å². The minimum Gasteiger partial charge on any atom is -0.303 e. The van der Waals surface area contributed by atoms with Gasteiger partial charge < -0.3 is 4.90 Å². The van der Waals surface area contributed by atoms with Crippen LogP contribution in [0.1, 0.15) is 39.0 Å². The zero-order valence-electron chi connectivity index (χ0n) is 11.8. The fourth-order valence-corrected chi connectivity index (χ4v) is 2.75. The molecule has 0 radical (unpaired) electrons. The number of hydrogen-bond acceptors (Lipinski definition) is 3. The third-order valence-electron chi connectivity index (χ3n) is 4.24. The van der Waals surface area contributed by atoms with Crippen molar-refractivity contribution in [2.75, 3.05) is 19.6 Å². The molecule has 0 spiro atoms. The Morgan fingerprint density at radius 3 is 2.55 bits per heavy atom. The minimum absolute atomic E-state index is 0.0778. The first kappa shape index (κ1) is 15.6. The Labute approximate surface area is 118 Å². The first-order chi connectivity index (χ1) is 9.32. The summed E-state index contributed by atoms with van der Waals surface area (Å²) < 4.78 is 38.2. The maximum atomic E-state index is 12.7. The number of likely N-dealkylation sites (tertiary alicyclic amines) is 1. The summed E-state index contributed by atoms with van der Waals surface area (Å²) in [5, 5.41) is 12.5. The van der Waals surface area contributed by atoms with Crippen LogP contribution in [0.5, 0.6) is 0 Å². The smallest absolute Gasteiger partial charge is 0.303 e. The molecule has 6 heteroatoms. The number of rotatable bonds is 5. The second kappa shape index (κ2) is 5.90. The molecule has 0 aromatic heterocycles. The third kappa shape index (κ3) is 4.35. The zero-order valence-corrected chi connectivity index (χ0v) is 11.8. The van der Waals surface area contributed by atoms with Crippen molar-refractivity contribution in [2.45, 2.75) is 56.8 Å². The first-order valence-electron chi connectivity index (χ1n) is 7.30. The molecule has 1 saturated heterocycles. The van der Waals surface area contributed by atoms with E-state index in [4.69, 9.17) is 0 Å². The molecule has 1 aliphatic heterocycles. The normalized spacial score (nSPS) is 27.9. The van der Waals surface area contributed by atoms with Crippen LogP contribution in [0.4, 0.5) is 13.2 Å². The Hall–Kier alpha value is -0.800. The van der Waals surface area contributed by atoms with Crippen molar-refractivity contribution in [3.8, 4) is 6.07 Å². The lowest BCUT2D eigenvalue weighted by atomic mass is 9.95. The van der Waals surface area contributed by atoms with Crippen LogP contribution in [0.25, 0.3) is 0 Å². The molecule has 2 rings (SSSR count). The lowest BCUT2D eigenvalue weighted by molar-refractivity contribution is -0.186. The van der Waals surface area contributed by atoms with Gasteiger partial charge in [0.1, 0.15) is 5.54 Å². The summed E-state index contributed by atoms with van der Waals surface area (Å²) in [6, 6.07) is 2.69. The van der Waals surface area contributed by atoms with E-state index < -0.39 is 17.6 Å².